The third kappa shape index (κ3) is 3.79. The Morgan fingerprint density at radius 2 is 1.96 bits per heavy atom. The molecule has 0 saturated carbocycles. The van der Waals surface area contributed by atoms with Gasteiger partial charge in [0.15, 0.2) is 17.3 Å². The summed E-state index contributed by atoms with van der Waals surface area (Å²) in [5, 5.41) is 22.8. The fourth-order valence-electron chi connectivity index (χ4n) is 2.22. The molecular formula is C19H12ClFN4O. The maximum Gasteiger partial charge on any atom is 0.173 e. The van der Waals surface area contributed by atoms with Crippen LogP contribution in [0.1, 0.15) is 5.56 Å². The largest absolute Gasteiger partial charge is 0.504 e. The summed E-state index contributed by atoms with van der Waals surface area (Å²) in [6, 6.07) is 16.4. The molecule has 1 aromatic heterocycles. The molecular weight excluding hydrogens is 355 g/mol. The van der Waals surface area contributed by atoms with E-state index in [1.165, 1.54) is 24.4 Å². The lowest BCUT2D eigenvalue weighted by atomic mass is 10.1. The van der Waals surface area contributed by atoms with Crippen molar-refractivity contribution >= 4 is 34.5 Å². The van der Waals surface area contributed by atoms with Gasteiger partial charge < -0.3 is 10.4 Å². The number of aliphatic imine (C=N–C) groups is 1. The van der Waals surface area contributed by atoms with E-state index in [1.54, 1.807) is 0 Å². The van der Waals surface area contributed by atoms with Gasteiger partial charge in [0.25, 0.3) is 0 Å². The van der Waals surface area contributed by atoms with Gasteiger partial charge >= 0.3 is 0 Å². The summed E-state index contributed by atoms with van der Waals surface area (Å²) in [6.45, 7) is 0. The molecule has 1 heterocycles. The highest BCUT2D eigenvalue weighted by Gasteiger charge is 2.14. The van der Waals surface area contributed by atoms with Crippen molar-refractivity contribution in [2.75, 3.05) is 5.32 Å². The van der Waals surface area contributed by atoms with Crippen molar-refractivity contribution in [3.8, 4) is 11.8 Å². The van der Waals surface area contributed by atoms with Crippen molar-refractivity contribution < 1.29 is 9.50 Å². The Labute approximate surface area is 154 Å². The Hall–Kier alpha value is -3.43. The SMILES string of the molecule is N#C/C(=N\c1ccc(F)c(Cl)c1)c1ccnc(Nc2ccccc2)c1O. The lowest BCUT2D eigenvalue weighted by Gasteiger charge is -2.10. The van der Waals surface area contributed by atoms with Crippen LogP contribution in [-0.2, 0) is 0 Å². The first kappa shape index (κ1) is 17.4. The molecule has 128 valence electrons. The zero-order valence-electron chi connectivity index (χ0n) is 13.3. The van der Waals surface area contributed by atoms with Crippen LogP contribution in [0.3, 0.4) is 0 Å². The summed E-state index contributed by atoms with van der Waals surface area (Å²) in [6.07, 6.45) is 1.45. The number of hydrogen-bond donors (Lipinski definition) is 2. The average molecular weight is 367 g/mol. The molecule has 0 spiro atoms. The average Bonchev–Trinajstić information content (AvgIpc) is 2.65. The molecule has 0 bridgehead atoms. The minimum Gasteiger partial charge on any atom is -0.504 e. The van der Waals surface area contributed by atoms with Crippen LogP contribution in [0.4, 0.5) is 21.6 Å². The van der Waals surface area contributed by atoms with Crippen molar-refractivity contribution in [1.82, 2.24) is 4.98 Å². The van der Waals surface area contributed by atoms with E-state index in [4.69, 9.17) is 11.6 Å². The Morgan fingerprint density at radius 1 is 1.19 bits per heavy atom. The predicted molar refractivity (Wildman–Crippen MR) is 98.8 cm³/mol. The van der Waals surface area contributed by atoms with E-state index in [-0.39, 0.29) is 27.9 Å². The molecule has 2 N–H and O–H groups in total. The molecule has 0 saturated heterocycles. The summed E-state index contributed by atoms with van der Waals surface area (Å²) in [5.74, 6) is -0.608. The molecule has 0 unspecified atom stereocenters. The molecule has 5 nitrogen and oxygen atoms in total. The van der Waals surface area contributed by atoms with Crippen LogP contribution in [0.25, 0.3) is 0 Å². The monoisotopic (exact) mass is 366 g/mol. The quantitative estimate of drug-likeness (QED) is 0.639. The van der Waals surface area contributed by atoms with Gasteiger partial charge in [0.2, 0.25) is 0 Å². The summed E-state index contributed by atoms with van der Waals surface area (Å²) >= 11 is 5.74. The van der Waals surface area contributed by atoms with E-state index in [2.05, 4.69) is 15.3 Å². The van der Waals surface area contributed by atoms with Gasteiger partial charge in [0, 0.05) is 11.9 Å². The number of para-hydroxylation sites is 1. The van der Waals surface area contributed by atoms with Crippen molar-refractivity contribution in [3.63, 3.8) is 0 Å². The van der Waals surface area contributed by atoms with Crippen LogP contribution in [0.15, 0.2) is 65.8 Å². The van der Waals surface area contributed by atoms with E-state index < -0.39 is 5.82 Å². The van der Waals surface area contributed by atoms with E-state index in [0.717, 1.165) is 11.8 Å². The molecule has 0 aliphatic heterocycles. The highest BCUT2D eigenvalue weighted by molar-refractivity contribution is 6.31. The van der Waals surface area contributed by atoms with Gasteiger partial charge in [-0.05, 0) is 36.4 Å². The Kier molecular flexibility index (Phi) is 5.11. The summed E-state index contributed by atoms with van der Waals surface area (Å²) < 4.78 is 13.3. The van der Waals surface area contributed by atoms with Crippen LogP contribution in [-0.4, -0.2) is 15.8 Å². The van der Waals surface area contributed by atoms with Gasteiger partial charge in [-0.2, -0.15) is 5.26 Å². The highest BCUT2D eigenvalue weighted by atomic mass is 35.5. The van der Waals surface area contributed by atoms with Crippen molar-refractivity contribution in [2.24, 2.45) is 4.99 Å². The van der Waals surface area contributed by atoms with Crippen LogP contribution in [0.2, 0.25) is 5.02 Å². The number of anilines is 2. The predicted octanol–water partition coefficient (Wildman–Crippen LogP) is 4.97. The molecule has 0 amide bonds. The molecule has 0 aliphatic rings. The number of nitrogens with zero attached hydrogens (tertiary/aromatic N) is 3. The molecule has 2 aromatic carbocycles. The normalized spacial score (nSPS) is 11.0. The maximum atomic E-state index is 13.3. The van der Waals surface area contributed by atoms with Crippen molar-refractivity contribution in [3.05, 3.63) is 77.2 Å². The van der Waals surface area contributed by atoms with Gasteiger partial charge in [-0.25, -0.2) is 14.4 Å². The second kappa shape index (κ2) is 7.64. The van der Waals surface area contributed by atoms with Gasteiger partial charge in [0.1, 0.15) is 11.9 Å². The van der Waals surface area contributed by atoms with Gasteiger partial charge in [0.05, 0.1) is 16.3 Å². The number of nitrogens with one attached hydrogen (secondary N) is 1. The topological polar surface area (TPSA) is 81.3 Å². The third-order valence-electron chi connectivity index (χ3n) is 3.47. The van der Waals surface area contributed by atoms with Crippen molar-refractivity contribution in [2.45, 2.75) is 0 Å². The number of pyridine rings is 1. The molecule has 0 fully saturated rings. The number of aromatic hydroxyl groups is 1. The van der Waals surface area contributed by atoms with E-state index in [1.807, 2.05) is 36.4 Å². The lowest BCUT2D eigenvalue weighted by molar-refractivity contribution is 0.474. The maximum absolute atomic E-state index is 13.3. The Morgan fingerprint density at radius 3 is 2.65 bits per heavy atom. The standard InChI is InChI=1S/C19H12ClFN4O/c20-15-10-13(6-7-16(15)21)24-17(11-22)14-8-9-23-19(18(14)26)25-12-4-2-1-3-5-12/h1-10,26H,(H,23,25)/b24-17+. The minimum absolute atomic E-state index is 0.0521. The van der Waals surface area contributed by atoms with Crippen LogP contribution in [0, 0.1) is 17.1 Å². The molecule has 0 atom stereocenters. The molecule has 0 radical (unpaired) electrons. The number of nitriles is 1. The summed E-state index contributed by atoms with van der Waals surface area (Å²) in [7, 11) is 0. The zero-order chi connectivity index (χ0) is 18.5. The van der Waals surface area contributed by atoms with Crippen LogP contribution >= 0.6 is 11.6 Å². The second-order valence-corrected chi connectivity index (χ2v) is 5.62. The third-order valence-corrected chi connectivity index (χ3v) is 3.76. The Bertz CT molecular complexity index is 1020. The van der Waals surface area contributed by atoms with E-state index >= 15 is 0 Å². The molecule has 3 rings (SSSR count). The van der Waals surface area contributed by atoms with Gasteiger partial charge in [-0.15, -0.1) is 0 Å². The van der Waals surface area contributed by atoms with Gasteiger partial charge in [-0.3, -0.25) is 0 Å². The molecule has 7 heteroatoms. The smallest absolute Gasteiger partial charge is 0.173 e. The fourth-order valence-corrected chi connectivity index (χ4v) is 2.40. The number of rotatable bonds is 4. The lowest BCUT2D eigenvalue weighted by Crippen LogP contribution is -2.02. The molecule has 26 heavy (non-hydrogen) atoms. The first-order valence-electron chi connectivity index (χ1n) is 7.52. The van der Waals surface area contributed by atoms with E-state index in [9.17, 15) is 14.8 Å². The second-order valence-electron chi connectivity index (χ2n) is 5.22. The highest BCUT2D eigenvalue weighted by Crippen LogP contribution is 2.30. The minimum atomic E-state index is -0.578. The first-order valence-corrected chi connectivity index (χ1v) is 7.90. The number of hydrogen-bond acceptors (Lipinski definition) is 5. The Balaban J connectivity index is 1.99. The number of halogens is 2. The molecule has 0 aliphatic carbocycles. The summed E-state index contributed by atoms with van der Waals surface area (Å²) in [5.41, 5.74) is 1.17. The van der Waals surface area contributed by atoms with Crippen LogP contribution in [0.5, 0.6) is 5.75 Å². The first-order chi connectivity index (χ1) is 12.6. The van der Waals surface area contributed by atoms with E-state index in [0.29, 0.717) is 5.69 Å². The number of aromatic nitrogens is 1. The zero-order valence-corrected chi connectivity index (χ0v) is 14.1. The van der Waals surface area contributed by atoms with Crippen molar-refractivity contribution in [1.29, 1.82) is 5.26 Å². The molecule has 3 aromatic rings. The fraction of sp³-hybridized carbons (Fsp3) is 0. The van der Waals surface area contributed by atoms with Gasteiger partial charge in [-0.1, -0.05) is 29.8 Å². The summed E-state index contributed by atoms with van der Waals surface area (Å²) in [4.78, 5) is 8.23. The number of benzene rings is 2. The van der Waals surface area contributed by atoms with Crippen LogP contribution < -0.4 is 5.32 Å².